The first kappa shape index (κ1) is 18.1. The van der Waals surface area contributed by atoms with Gasteiger partial charge in [0, 0.05) is 29.0 Å². The van der Waals surface area contributed by atoms with E-state index in [0.717, 1.165) is 16.9 Å². The third-order valence-corrected chi connectivity index (χ3v) is 6.10. The topological polar surface area (TPSA) is 64.6 Å². The second-order valence-electron chi connectivity index (χ2n) is 6.91. The molecule has 0 unspecified atom stereocenters. The van der Waals surface area contributed by atoms with Crippen molar-refractivity contribution in [3.63, 3.8) is 0 Å². The van der Waals surface area contributed by atoms with Crippen LogP contribution < -0.4 is 10.1 Å². The van der Waals surface area contributed by atoms with Crippen molar-refractivity contribution in [3.05, 3.63) is 40.5 Å². The van der Waals surface area contributed by atoms with E-state index in [1.807, 2.05) is 6.07 Å². The number of halogens is 1. The molecule has 2 aliphatic rings. The van der Waals surface area contributed by atoms with E-state index in [9.17, 15) is 14.0 Å². The SMILES string of the molecule is CC(=O)c1ccc(-c2cc(F)cc3c2O[C@@H](CNC(=O)[C@@H]2CCOC2)C3)s1. The number of ether oxygens (including phenoxy) is 2. The van der Waals surface area contributed by atoms with Crippen molar-refractivity contribution in [3.8, 4) is 16.2 Å². The van der Waals surface area contributed by atoms with Crippen LogP contribution in [0.5, 0.6) is 5.75 Å². The standard InChI is InChI=1S/C20H20FNO4S/c1-11(23)17-2-3-18(27-17)16-8-14(21)6-13-7-15(26-19(13)16)9-22-20(24)12-4-5-25-10-12/h2-3,6,8,12,15H,4-5,7,9-10H2,1H3,(H,22,24)/t12-,15-/m1/s1. The van der Waals surface area contributed by atoms with Crippen LogP contribution in [0.25, 0.3) is 10.4 Å². The molecule has 2 aromatic rings. The Morgan fingerprint density at radius 1 is 1.33 bits per heavy atom. The van der Waals surface area contributed by atoms with Gasteiger partial charge < -0.3 is 14.8 Å². The number of carbonyl (C=O) groups is 2. The molecule has 7 heteroatoms. The summed E-state index contributed by atoms with van der Waals surface area (Å²) in [5.41, 5.74) is 1.44. The van der Waals surface area contributed by atoms with Gasteiger partial charge in [-0.2, -0.15) is 0 Å². The van der Waals surface area contributed by atoms with Crippen LogP contribution in [0.1, 0.15) is 28.6 Å². The molecule has 0 spiro atoms. The molecule has 1 aromatic carbocycles. The van der Waals surface area contributed by atoms with Gasteiger partial charge in [0.2, 0.25) is 5.91 Å². The molecule has 1 N–H and O–H groups in total. The van der Waals surface area contributed by atoms with Gasteiger partial charge >= 0.3 is 0 Å². The fraction of sp³-hybridized carbons (Fsp3) is 0.400. The molecule has 4 rings (SSSR count). The highest BCUT2D eigenvalue weighted by Crippen LogP contribution is 2.42. The van der Waals surface area contributed by atoms with Gasteiger partial charge in [0.25, 0.3) is 0 Å². The first-order valence-electron chi connectivity index (χ1n) is 8.97. The van der Waals surface area contributed by atoms with Crippen LogP contribution in [0.2, 0.25) is 0 Å². The predicted molar refractivity (Wildman–Crippen MR) is 99.8 cm³/mol. The number of nitrogens with one attached hydrogen (secondary N) is 1. The molecule has 0 aliphatic carbocycles. The molecular weight excluding hydrogens is 369 g/mol. The number of hydrogen-bond donors (Lipinski definition) is 1. The Kier molecular flexibility index (Phi) is 4.97. The number of ketones is 1. The number of hydrogen-bond acceptors (Lipinski definition) is 5. The smallest absolute Gasteiger partial charge is 0.225 e. The highest BCUT2D eigenvalue weighted by Gasteiger charge is 2.29. The summed E-state index contributed by atoms with van der Waals surface area (Å²) in [6.45, 7) is 2.96. The van der Waals surface area contributed by atoms with Crippen LogP contribution in [0.3, 0.4) is 0 Å². The monoisotopic (exact) mass is 389 g/mol. The molecule has 0 bridgehead atoms. The first-order chi connectivity index (χ1) is 13.0. The van der Waals surface area contributed by atoms with E-state index in [-0.39, 0.29) is 29.5 Å². The molecule has 0 radical (unpaired) electrons. The highest BCUT2D eigenvalue weighted by atomic mass is 32.1. The van der Waals surface area contributed by atoms with Gasteiger partial charge in [0.15, 0.2) is 5.78 Å². The second-order valence-corrected chi connectivity index (χ2v) is 8.00. The Morgan fingerprint density at radius 2 is 2.19 bits per heavy atom. The second kappa shape index (κ2) is 7.40. The number of Topliss-reactive ketones (excluding diaryl/α,β-unsaturated/α-hetero) is 1. The third kappa shape index (κ3) is 3.75. The summed E-state index contributed by atoms with van der Waals surface area (Å²) in [6.07, 6.45) is 1.04. The Hall–Kier alpha value is -2.25. The van der Waals surface area contributed by atoms with Crippen LogP contribution in [-0.4, -0.2) is 37.6 Å². The van der Waals surface area contributed by atoms with Crippen molar-refractivity contribution in [1.82, 2.24) is 5.32 Å². The lowest BCUT2D eigenvalue weighted by atomic mass is 10.0. The lowest BCUT2D eigenvalue weighted by Gasteiger charge is -2.15. The minimum Gasteiger partial charge on any atom is -0.487 e. The van der Waals surface area contributed by atoms with Gasteiger partial charge in [0.1, 0.15) is 17.7 Å². The molecule has 27 heavy (non-hydrogen) atoms. The number of rotatable bonds is 5. The first-order valence-corrected chi connectivity index (χ1v) is 9.78. The largest absolute Gasteiger partial charge is 0.487 e. The van der Waals surface area contributed by atoms with Gasteiger partial charge in [-0.05, 0) is 37.6 Å². The van der Waals surface area contributed by atoms with Crippen molar-refractivity contribution in [2.45, 2.75) is 25.9 Å². The van der Waals surface area contributed by atoms with Crippen molar-refractivity contribution in [1.29, 1.82) is 0 Å². The van der Waals surface area contributed by atoms with E-state index in [0.29, 0.717) is 42.4 Å². The van der Waals surface area contributed by atoms with Gasteiger partial charge in [-0.3, -0.25) is 9.59 Å². The zero-order chi connectivity index (χ0) is 19.0. The van der Waals surface area contributed by atoms with Crippen LogP contribution in [0, 0.1) is 11.7 Å². The molecule has 1 saturated heterocycles. The Morgan fingerprint density at radius 3 is 2.89 bits per heavy atom. The molecule has 0 saturated carbocycles. The van der Waals surface area contributed by atoms with E-state index in [2.05, 4.69) is 5.32 Å². The normalized spacial score (nSPS) is 21.0. The molecule has 2 aliphatic heterocycles. The lowest BCUT2D eigenvalue weighted by Crippen LogP contribution is -2.38. The van der Waals surface area contributed by atoms with Gasteiger partial charge in [-0.25, -0.2) is 4.39 Å². The highest BCUT2D eigenvalue weighted by molar-refractivity contribution is 7.17. The molecule has 5 nitrogen and oxygen atoms in total. The van der Waals surface area contributed by atoms with Crippen molar-refractivity contribution < 1.29 is 23.5 Å². The van der Waals surface area contributed by atoms with E-state index < -0.39 is 0 Å². The van der Waals surface area contributed by atoms with Crippen LogP contribution in [0.4, 0.5) is 4.39 Å². The maximum Gasteiger partial charge on any atom is 0.225 e. The summed E-state index contributed by atoms with van der Waals surface area (Å²) in [7, 11) is 0. The average molecular weight is 389 g/mol. The summed E-state index contributed by atoms with van der Waals surface area (Å²) < 4.78 is 25.4. The summed E-state index contributed by atoms with van der Waals surface area (Å²) in [5, 5.41) is 2.91. The van der Waals surface area contributed by atoms with Crippen LogP contribution in [-0.2, 0) is 16.0 Å². The maximum atomic E-state index is 14.1. The number of benzene rings is 1. The Labute approximate surface area is 160 Å². The lowest BCUT2D eigenvalue weighted by molar-refractivity contribution is -0.125. The zero-order valence-corrected chi connectivity index (χ0v) is 15.7. The zero-order valence-electron chi connectivity index (χ0n) is 14.9. The maximum absolute atomic E-state index is 14.1. The number of thiophene rings is 1. The fourth-order valence-electron chi connectivity index (χ4n) is 3.46. The number of carbonyl (C=O) groups excluding carboxylic acids is 2. The van der Waals surface area contributed by atoms with E-state index in [1.165, 1.54) is 30.4 Å². The quantitative estimate of drug-likeness (QED) is 0.798. The van der Waals surface area contributed by atoms with Crippen molar-refractivity contribution in [2.24, 2.45) is 5.92 Å². The van der Waals surface area contributed by atoms with E-state index >= 15 is 0 Å². The molecule has 1 amide bonds. The molecule has 1 fully saturated rings. The number of fused-ring (bicyclic) bond motifs is 1. The molecule has 142 valence electrons. The van der Waals surface area contributed by atoms with Crippen molar-refractivity contribution in [2.75, 3.05) is 19.8 Å². The average Bonchev–Trinajstić information content (AvgIpc) is 3.38. The molecule has 3 heterocycles. The Bertz CT molecular complexity index is 888. The molecular formula is C20H20FNO4S. The minimum atomic E-state index is -0.335. The summed E-state index contributed by atoms with van der Waals surface area (Å²) >= 11 is 1.33. The van der Waals surface area contributed by atoms with Gasteiger partial charge in [-0.15, -0.1) is 11.3 Å². The summed E-state index contributed by atoms with van der Waals surface area (Å²) in [6, 6.07) is 6.47. The Balaban J connectivity index is 1.49. The van der Waals surface area contributed by atoms with E-state index in [4.69, 9.17) is 9.47 Å². The minimum absolute atomic E-state index is 0.0169. The molecule has 2 atom stereocenters. The summed E-state index contributed by atoms with van der Waals surface area (Å²) in [4.78, 5) is 25.1. The molecule has 1 aromatic heterocycles. The van der Waals surface area contributed by atoms with Gasteiger partial charge in [0.05, 0.1) is 23.9 Å². The third-order valence-electron chi connectivity index (χ3n) is 4.89. The number of amides is 1. The van der Waals surface area contributed by atoms with Crippen LogP contribution >= 0.6 is 11.3 Å². The van der Waals surface area contributed by atoms with Crippen LogP contribution in [0.15, 0.2) is 24.3 Å². The van der Waals surface area contributed by atoms with Gasteiger partial charge in [-0.1, -0.05) is 0 Å². The van der Waals surface area contributed by atoms with E-state index in [1.54, 1.807) is 6.07 Å². The van der Waals surface area contributed by atoms with Crippen molar-refractivity contribution >= 4 is 23.0 Å². The summed E-state index contributed by atoms with van der Waals surface area (Å²) in [5.74, 6) is 0.159. The fourth-order valence-corrected chi connectivity index (χ4v) is 4.38. The predicted octanol–water partition coefficient (Wildman–Crippen LogP) is 3.21.